The molecule has 0 saturated carbocycles. The van der Waals surface area contributed by atoms with Crippen molar-refractivity contribution >= 4 is 11.7 Å². The van der Waals surface area contributed by atoms with Gasteiger partial charge in [-0.1, -0.05) is 76.2 Å². The number of azide groups is 1. The van der Waals surface area contributed by atoms with Crippen LogP contribution in [0.25, 0.3) is 10.4 Å². The fourth-order valence-corrected chi connectivity index (χ4v) is 3.11. The Balaban J connectivity index is 2.16. The van der Waals surface area contributed by atoms with Crippen LogP contribution in [0.1, 0.15) is 87.9 Å². The summed E-state index contributed by atoms with van der Waals surface area (Å²) in [6, 6.07) is 6.52. The Morgan fingerprint density at radius 2 is 1.59 bits per heavy atom. The number of rotatable bonds is 16. The van der Waals surface area contributed by atoms with Gasteiger partial charge in [-0.3, -0.25) is 0 Å². The van der Waals surface area contributed by atoms with Crippen molar-refractivity contribution < 1.29 is 9.90 Å². The lowest BCUT2D eigenvalue weighted by atomic mass is 10.0. The maximum Gasteiger partial charge on any atom is 0.335 e. The van der Waals surface area contributed by atoms with Gasteiger partial charge in [0.15, 0.2) is 0 Å². The summed E-state index contributed by atoms with van der Waals surface area (Å²) in [4.78, 5) is 13.8. The van der Waals surface area contributed by atoms with Crippen molar-refractivity contribution in [3.05, 3.63) is 40.3 Å². The van der Waals surface area contributed by atoms with E-state index in [-0.39, 0.29) is 11.6 Å². The number of carboxylic acid groups (broad SMARTS) is 1. The molecule has 1 atom stereocenters. The molecule has 0 aromatic heterocycles. The SMILES string of the molecule is CCCCCCCCCCCCC(CNc1ccc(C(=O)O)cc1)N=[N+]=[N-]. The molecule has 6 heteroatoms. The molecule has 0 saturated heterocycles. The van der Waals surface area contributed by atoms with Gasteiger partial charge in [0.2, 0.25) is 0 Å². The summed E-state index contributed by atoms with van der Waals surface area (Å²) in [6.07, 6.45) is 13.8. The summed E-state index contributed by atoms with van der Waals surface area (Å²) >= 11 is 0. The summed E-state index contributed by atoms with van der Waals surface area (Å²) in [7, 11) is 0. The van der Waals surface area contributed by atoms with Crippen LogP contribution in [0.3, 0.4) is 0 Å². The van der Waals surface area contributed by atoms with E-state index in [0.717, 1.165) is 18.5 Å². The summed E-state index contributed by atoms with van der Waals surface area (Å²) in [5.41, 5.74) is 9.85. The topological polar surface area (TPSA) is 98.1 Å². The van der Waals surface area contributed by atoms with Crippen LogP contribution >= 0.6 is 0 Å². The van der Waals surface area contributed by atoms with Gasteiger partial charge in [0, 0.05) is 17.1 Å². The number of carbonyl (C=O) groups is 1. The molecule has 0 amide bonds. The maximum atomic E-state index is 10.9. The van der Waals surface area contributed by atoms with Crippen LogP contribution < -0.4 is 5.32 Å². The number of anilines is 1. The first kappa shape index (κ1) is 22.8. The number of nitrogens with zero attached hydrogens (tertiary/aromatic N) is 3. The van der Waals surface area contributed by atoms with Gasteiger partial charge >= 0.3 is 5.97 Å². The minimum atomic E-state index is -0.936. The molecule has 0 aliphatic rings. The molecule has 1 aromatic rings. The second kappa shape index (κ2) is 14.9. The van der Waals surface area contributed by atoms with Gasteiger partial charge in [-0.25, -0.2) is 4.79 Å². The average molecular weight is 375 g/mol. The number of aromatic carboxylic acids is 1. The van der Waals surface area contributed by atoms with Crippen LogP contribution in [-0.4, -0.2) is 23.7 Å². The third-order valence-electron chi connectivity index (χ3n) is 4.78. The second-order valence-electron chi connectivity index (χ2n) is 7.09. The Labute approximate surface area is 163 Å². The van der Waals surface area contributed by atoms with Crippen molar-refractivity contribution in [2.75, 3.05) is 11.9 Å². The monoisotopic (exact) mass is 374 g/mol. The molecular formula is C21H34N4O2. The van der Waals surface area contributed by atoms with Crippen molar-refractivity contribution in [3.8, 4) is 0 Å². The molecule has 0 aliphatic carbocycles. The normalized spacial score (nSPS) is 11.6. The zero-order chi connectivity index (χ0) is 19.7. The van der Waals surface area contributed by atoms with Gasteiger partial charge in [-0.2, -0.15) is 0 Å². The zero-order valence-electron chi connectivity index (χ0n) is 16.6. The molecule has 1 rings (SSSR count). The number of carboxylic acids is 1. The Hall–Kier alpha value is -2.20. The van der Waals surface area contributed by atoms with Gasteiger partial charge in [0.1, 0.15) is 0 Å². The molecule has 6 nitrogen and oxygen atoms in total. The van der Waals surface area contributed by atoms with Crippen molar-refractivity contribution in [3.63, 3.8) is 0 Å². The predicted molar refractivity (Wildman–Crippen MR) is 111 cm³/mol. The van der Waals surface area contributed by atoms with Crippen LogP contribution in [0.2, 0.25) is 0 Å². The van der Waals surface area contributed by atoms with E-state index >= 15 is 0 Å². The summed E-state index contributed by atoms with van der Waals surface area (Å²) in [6.45, 7) is 2.81. The van der Waals surface area contributed by atoms with Crippen LogP contribution in [0.5, 0.6) is 0 Å². The molecule has 150 valence electrons. The number of unbranched alkanes of at least 4 members (excludes halogenated alkanes) is 9. The quantitative estimate of drug-likeness (QED) is 0.144. The van der Waals surface area contributed by atoms with Crippen molar-refractivity contribution in [2.24, 2.45) is 5.11 Å². The smallest absolute Gasteiger partial charge is 0.335 e. The van der Waals surface area contributed by atoms with E-state index in [1.54, 1.807) is 24.3 Å². The first-order chi connectivity index (χ1) is 13.2. The molecule has 0 radical (unpaired) electrons. The Kier molecular flexibility index (Phi) is 12.6. The van der Waals surface area contributed by atoms with Gasteiger partial charge in [0.05, 0.1) is 11.6 Å². The molecule has 0 aliphatic heterocycles. The molecule has 1 unspecified atom stereocenters. The molecule has 0 bridgehead atoms. The predicted octanol–water partition coefficient (Wildman–Crippen LogP) is 6.79. The highest BCUT2D eigenvalue weighted by molar-refractivity contribution is 5.87. The number of nitrogens with one attached hydrogen (secondary N) is 1. The van der Waals surface area contributed by atoms with Gasteiger partial charge < -0.3 is 10.4 Å². The minimum absolute atomic E-state index is 0.0804. The Morgan fingerprint density at radius 1 is 1.04 bits per heavy atom. The third kappa shape index (κ3) is 11.2. The van der Waals surface area contributed by atoms with E-state index in [4.69, 9.17) is 10.6 Å². The Bertz CT molecular complexity index is 568. The number of hydrogen-bond acceptors (Lipinski definition) is 3. The molecule has 1 aromatic carbocycles. The van der Waals surface area contributed by atoms with Crippen LogP contribution in [0.4, 0.5) is 5.69 Å². The van der Waals surface area contributed by atoms with E-state index in [2.05, 4.69) is 22.3 Å². The fraction of sp³-hybridized carbons (Fsp3) is 0.667. The second-order valence-corrected chi connectivity index (χ2v) is 7.09. The summed E-state index contributed by atoms with van der Waals surface area (Å²) < 4.78 is 0. The molecule has 0 spiro atoms. The van der Waals surface area contributed by atoms with Gasteiger partial charge in [0.25, 0.3) is 0 Å². The summed E-state index contributed by atoms with van der Waals surface area (Å²) in [5.74, 6) is -0.936. The average Bonchev–Trinajstić information content (AvgIpc) is 2.67. The van der Waals surface area contributed by atoms with Gasteiger partial charge in [-0.05, 0) is 36.2 Å². The van der Waals surface area contributed by atoms with E-state index in [0.29, 0.717) is 6.54 Å². The van der Waals surface area contributed by atoms with E-state index in [1.807, 2.05) is 0 Å². The van der Waals surface area contributed by atoms with Crippen molar-refractivity contribution in [1.82, 2.24) is 0 Å². The van der Waals surface area contributed by atoms with E-state index in [1.165, 1.54) is 57.8 Å². The highest BCUT2D eigenvalue weighted by Gasteiger charge is 2.07. The van der Waals surface area contributed by atoms with Crippen LogP contribution in [-0.2, 0) is 0 Å². The lowest BCUT2D eigenvalue weighted by Gasteiger charge is -2.13. The first-order valence-electron chi connectivity index (χ1n) is 10.3. The maximum absolute atomic E-state index is 10.9. The van der Waals surface area contributed by atoms with Gasteiger partial charge in [-0.15, -0.1) is 0 Å². The standard InChI is InChI=1S/C21H34N4O2/c1-2-3-4-5-6-7-8-9-10-11-12-20(24-25-22)17-23-19-15-13-18(14-16-19)21(26)27/h13-16,20,23H,2-12,17H2,1H3,(H,26,27). The fourth-order valence-electron chi connectivity index (χ4n) is 3.11. The summed E-state index contributed by atoms with van der Waals surface area (Å²) in [5, 5.41) is 16.0. The third-order valence-corrected chi connectivity index (χ3v) is 4.78. The lowest BCUT2D eigenvalue weighted by Crippen LogP contribution is -2.17. The van der Waals surface area contributed by atoms with Crippen molar-refractivity contribution in [2.45, 2.75) is 83.6 Å². The number of benzene rings is 1. The van der Waals surface area contributed by atoms with Crippen LogP contribution in [0, 0.1) is 0 Å². The first-order valence-corrected chi connectivity index (χ1v) is 10.3. The van der Waals surface area contributed by atoms with Crippen molar-refractivity contribution in [1.29, 1.82) is 0 Å². The van der Waals surface area contributed by atoms with Crippen LogP contribution in [0.15, 0.2) is 29.4 Å². The molecular weight excluding hydrogens is 340 g/mol. The number of hydrogen-bond donors (Lipinski definition) is 2. The zero-order valence-corrected chi connectivity index (χ0v) is 16.6. The van der Waals surface area contributed by atoms with E-state index in [9.17, 15) is 4.79 Å². The molecule has 0 fully saturated rings. The lowest BCUT2D eigenvalue weighted by molar-refractivity contribution is 0.0697. The highest BCUT2D eigenvalue weighted by atomic mass is 16.4. The molecule has 27 heavy (non-hydrogen) atoms. The molecule has 2 N–H and O–H groups in total. The largest absolute Gasteiger partial charge is 0.478 e. The Morgan fingerprint density at radius 3 is 2.11 bits per heavy atom. The highest BCUT2D eigenvalue weighted by Crippen LogP contribution is 2.14. The minimum Gasteiger partial charge on any atom is -0.478 e. The molecule has 0 heterocycles. The van der Waals surface area contributed by atoms with E-state index < -0.39 is 5.97 Å².